The van der Waals surface area contributed by atoms with E-state index >= 15 is 0 Å². The lowest BCUT2D eigenvalue weighted by atomic mass is 9.77. The maximum absolute atomic E-state index is 13.2. The van der Waals surface area contributed by atoms with E-state index in [1.54, 1.807) is 47.4 Å². The van der Waals surface area contributed by atoms with Gasteiger partial charge in [-0.3, -0.25) is 19.3 Å². The van der Waals surface area contributed by atoms with E-state index in [1.165, 1.54) is 6.92 Å². The summed E-state index contributed by atoms with van der Waals surface area (Å²) in [6, 6.07) is 12.2. The molecular weight excluding hydrogens is 423 g/mol. The molecule has 154 valence electrons. The van der Waals surface area contributed by atoms with Crippen LogP contribution >= 0.6 is 23.2 Å². The van der Waals surface area contributed by atoms with Gasteiger partial charge in [-0.15, -0.1) is 0 Å². The molecule has 1 N–H and O–H groups in total. The molecule has 1 aliphatic carbocycles. The van der Waals surface area contributed by atoms with E-state index in [1.807, 2.05) is 0 Å². The first-order chi connectivity index (χ1) is 14.4. The molecule has 2 aromatic rings. The summed E-state index contributed by atoms with van der Waals surface area (Å²) in [4.78, 5) is 39.1. The van der Waals surface area contributed by atoms with Gasteiger partial charge in [-0.25, -0.2) is 0 Å². The van der Waals surface area contributed by atoms with Crippen molar-refractivity contribution in [3.8, 4) is 0 Å². The van der Waals surface area contributed by atoms with Crippen LogP contribution < -0.4 is 10.2 Å². The molecule has 1 unspecified atom stereocenters. The van der Waals surface area contributed by atoms with Gasteiger partial charge in [0.1, 0.15) is 0 Å². The lowest BCUT2D eigenvalue weighted by molar-refractivity contribution is -0.120. The molecule has 2 aliphatic rings. The molecule has 1 aliphatic heterocycles. The molecule has 2 amide bonds. The topological polar surface area (TPSA) is 66.5 Å². The van der Waals surface area contributed by atoms with E-state index in [4.69, 9.17) is 23.2 Å². The van der Waals surface area contributed by atoms with Crippen LogP contribution in [0.15, 0.2) is 53.7 Å². The molecule has 1 heterocycles. The third-order valence-electron chi connectivity index (χ3n) is 5.47. The SMILES string of the molecule is CC(=O)Nc1ccc(N2C(=O)CC(c3c(Cl)cccc3Cl)C3=C2CCCC3=O)cc1. The largest absolute Gasteiger partial charge is 0.326 e. The molecule has 0 fully saturated rings. The van der Waals surface area contributed by atoms with Gasteiger partial charge in [-0.05, 0) is 54.8 Å². The summed E-state index contributed by atoms with van der Waals surface area (Å²) >= 11 is 12.8. The van der Waals surface area contributed by atoms with Crippen LogP contribution in [0.1, 0.15) is 44.1 Å². The summed E-state index contributed by atoms with van der Waals surface area (Å²) in [5.41, 5.74) is 3.29. The van der Waals surface area contributed by atoms with Crippen molar-refractivity contribution >= 4 is 52.2 Å². The zero-order chi connectivity index (χ0) is 21.4. The Morgan fingerprint density at radius 1 is 1.03 bits per heavy atom. The van der Waals surface area contributed by atoms with Crippen LogP contribution in [-0.2, 0) is 14.4 Å². The normalized spacial score (nSPS) is 19.0. The van der Waals surface area contributed by atoms with Crippen LogP contribution in [0.5, 0.6) is 0 Å². The second-order valence-electron chi connectivity index (χ2n) is 7.49. The van der Waals surface area contributed by atoms with Gasteiger partial charge < -0.3 is 5.32 Å². The number of carbonyl (C=O) groups excluding carboxylic acids is 3. The number of rotatable bonds is 3. The lowest BCUT2D eigenvalue weighted by Gasteiger charge is -2.38. The van der Waals surface area contributed by atoms with Gasteiger partial charge in [0, 0.05) is 58.4 Å². The molecule has 7 heteroatoms. The number of amides is 2. The highest BCUT2D eigenvalue weighted by atomic mass is 35.5. The van der Waals surface area contributed by atoms with Crippen LogP contribution in [0.4, 0.5) is 11.4 Å². The lowest BCUT2D eigenvalue weighted by Crippen LogP contribution is -2.40. The summed E-state index contributed by atoms with van der Waals surface area (Å²) in [6.45, 7) is 1.44. The van der Waals surface area contributed by atoms with Crippen molar-refractivity contribution in [2.45, 2.75) is 38.5 Å². The van der Waals surface area contributed by atoms with Crippen LogP contribution in [0.2, 0.25) is 10.0 Å². The Labute approximate surface area is 184 Å². The first-order valence-corrected chi connectivity index (χ1v) is 10.5. The van der Waals surface area contributed by atoms with Gasteiger partial charge in [0.25, 0.3) is 0 Å². The van der Waals surface area contributed by atoms with Gasteiger partial charge in [0.05, 0.1) is 0 Å². The minimum absolute atomic E-state index is 0.0320. The van der Waals surface area contributed by atoms with Gasteiger partial charge in [-0.1, -0.05) is 29.3 Å². The van der Waals surface area contributed by atoms with Crippen LogP contribution in [0.3, 0.4) is 0 Å². The van der Waals surface area contributed by atoms with E-state index in [9.17, 15) is 14.4 Å². The number of ketones is 1. The van der Waals surface area contributed by atoms with Gasteiger partial charge in [0.2, 0.25) is 11.8 Å². The summed E-state index contributed by atoms with van der Waals surface area (Å²) in [5, 5.41) is 3.63. The molecule has 0 spiro atoms. The molecule has 0 bridgehead atoms. The summed E-state index contributed by atoms with van der Waals surface area (Å²) in [6.07, 6.45) is 1.87. The Kier molecular flexibility index (Phi) is 5.67. The Balaban J connectivity index is 1.81. The Morgan fingerprint density at radius 3 is 2.33 bits per heavy atom. The number of allylic oxidation sites excluding steroid dienone is 2. The maximum Gasteiger partial charge on any atom is 0.232 e. The van der Waals surface area contributed by atoms with Crippen LogP contribution in [-0.4, -0.2) is 17.6 Å². The summed E-state index contributed by atoms with van der Waals surface area (Å²) in [5.74, 6) is -0.697. The van der Waals surface area contributed by atoms with E-state index in [0.29, 0.717) is 51.8 Å². The highest BCUT2D eigenvalue weighted by Gasteiger charge is 2.41. The zero-order valence-electron chi connectivity index (χ0n) is 16.4. The fourth-order valence-electron chi connectivity index (χ4n) is 4.28. The third-order valence-corrected chi connectivity index (χ3v) is 6.13. The highest BCUT2D eigenvalue weighted by molar-refractivity contribution is 6.36. The van der Waals surface area contributed by atoms with E-state index in [0.717, 1.165) is 5.70 Å². The molecule has 0 radical (unpaired) electrons. The Morgan fingerprint density at radius 2 is 1.70 bits per heavy atom. The van der Waals surface area contributed by atoms with Crippen molar-refractivity contribution in [2.75, 3.05) is 10.2 Å². The molecule has 0 saturated heterocycles. The molecular formula is C23H20Cl2N2O3. The second-order valence-corrected chi connectivity index (χ2v) is 8.30. The van der Waals surface area contributed by atoms with Gasteiger partial charge >= 0.3 is 0 Å². The van der Waals surface area contributed by atoms with Crippen molar-refractivity contribution < 1.29 is 14.4 Å². The first kappa shape index (κ1) is 20.6. The predicted octanol–water partition coefficient (Wildman–Crippen LogP) is 5.48. The van der Waals surface area contributed by atoms with Crippen molar-refractivity contribution in [3.63, 3.8) is 0 Å². The van der Waals surface area contributed by atoms with Gasteiger partial charge in [0.15, 0.2) is 5.78 Å². The molecule has 4 rings (SSSR count). The van der Waals surface area contributed by atoms with Crippen molar-refractivity contribution in [1.82, 2.24) is 0 Å². The van der Waals surface area contributed by atoms with Crippen molar-refractivity contribution in [3.05, 3.63) is 69.3 Å². The summed E-state index contributed by atoms with van der Waals surface area (Å²) in [7, 11) is 0. The van der Waals surface area contributed by atoms with Crippen LogP contribution in [0.25, 0.3) is 0 Å². The van der Waals surface area contributed by atoms with Crippen molar-refractivity contribution in [2.24, 2.45) is 0 Å². The number of carbonyl (C=O) groups is 3. The third kappa shape index (κ3) is 3.75. The molecule has 5 nitrogen and oxygen atoms in total. The predicted molar refractivity (Wildman–Crippen MR) is 118 cm³/mol. The Hall–Kier alpha value is -2.63. The average Bonchev–Trinajstić information content (AvgIpc) is 2.68. The molecule has 2 aromatic carbocycles. The molecule has 0 saturated carbocycles. The van der Waals surface area contributed by atoms with E-state index in [-0.39, 0.29) is 24.0 Å². The van der Waals surface area contributed by atoms with Crippen molar-refractivity contribution in [1.29, 1.82) is 0 Å². The smallest absolute Gasteiger partial charge is 0.232 e. The minimum atomic E-state index is -0.448. The Bertz CT molecular complexity index is 1060. The number of anilines is 2. The zero-order valence-corrected chi connectivity index (χ0v) is 17.9. The number of nitrogens with zero attached hydrogens (tertiary/aromatic N) is 1. The number of Topliss-reactive ketones (excluding diaryl/α,β-unsaturated/α-hetero) is 1. The number of benzene rings is 2. The van der Waals surface area contributed by atoms with Crippen LogP contribution in [0, 0.1) is 0 Å². The first-order valence-electron chi connectivity index (χ1n) is 9.77. The maximum atomic E-state index is 13.2. The molecule has 30 heavy (non-hydrogen) atoms. The van der Waals surface area contributed by atoms with E-state index < -0.39 is 5.92 Å². The fourth-order valence-corrected chi connectivity index (χ4v) is 4.94. The molecule has 1 atom stereocenters. The fraction of sp³-hybridized carbons (Fsp3) is 0.261. The second kappa shape index (κ2) is 8.25. The van der Waals surface area contributed by atoms with Gasteiger partial charge in [-0.2, -0.15) is 0 Å². The average molecular weight is 443 g/mol. The number of nitrogens with one attached hydrogen (secondary N) is 1. The monoisotopic (exact) mass is 442 g/mol. The molecule has 0 aromatic heterocycles. The number of halogens is 2. The summed E-state index contributed by atoms with van der Waals surface area (Å²) < 4.78 is 0. The minimum Gasteiger partial charge on any atom is -0.326 e. The highest BCUT2D eigenvalue weighted by Crippen LogP contribution is 2.46. The number of hydrogen-bond donors (Lipinski definition) is 1. The van der Waals surface area contributed by atoms with E-state index in [2.05, 4.69) is 5.32 Å². The standard InChI is InChI=1S/C23H20Cl2N2O3/c1-13(28)26-14-8-10-15(11-9-14)27-19-6-3-7-20(29)23(19)16(12-21(27)30)22-17(24)4-2-5-18(22)25/h2,4-5,8-11,16H,3,6-7,12H2,1H3,(H,26,28). The quantitative estimate of drug-likeness (QED) is 0.683. The number of hydrogen-bond acceptors (Lipinski definition) is 3.